The van der Waals surface area contributed by atoms with E-state index in [2.05, 4.69) is 0 Å². The van der Waals surface area contributed by atoms with Crippen LogP contribution in [0, 0.1) is 0 Å². The lowest BCUT2D eigenvalue weighted by molar-refractivity contribution is -0.136. The molecular weight excluding hydrogens is 216 g/mol. The standard InChI is InChI=1S/C7H7ClO2S2/c1-4(7(9)10)11-6-3-2-5(8)12-6/h2-4H,1H3,(H,9,10). The number of rotatable bonds is 3. The molecule has 1 heterocycles. The molecule has 0 fully saturated rings. The lowest BCUT2D eigenvalue weighted by Crippen LogP contribution is -2.10. The van der Waals surface area contributed by atoms with Crippen LogP contribution in [0.2, 0.25) is 4.34 Å². The van der Waals surface area contributed by atoms with E-state index >= 15 is 0 Å². The summed E-state index contributed by atoms with van der Waals surface area (Å²) in [5.41, 5.74) is 0. The third-order valence-corrected chi connectivity index (χ3v) is 3.68. The van der Waals surface area contributed by atoms with Gasteiger partial charge in [0.25, 0.3) is 0 Å². The van der Waals surface area contributed by atoms with Crippen LogP contribution < -0.4 is 0 Å². The molecule has 12 heavy (non-hydrogen) atoms. The third kappa shape index (κ3) is 2.69. The number of hydrogen-bond donors (Lipinski definition) is 1. The second-order valence-corrected chi connectivity index (χ2v) is 5.51. The third-order valence-electron chi connectivity index (χ3n) is 1.19. The second-order valence-electron chi connectivity index (χ2n) is 2.16. The molecule has 0 aliphatic rings. The van der Waals surface area contributed by atoms with Crippen LogP contribution in [0.4, 0.5) is 0 Å². The van der Waals surface area contributed by atoms with Gasteiger partial charge in [0.05, 0.1) is 8.55 Å². The molecule has 0 bridgehead atoms. The quantitative estimate of drug-likeness (QED) is 0.799. The predicted octanol–water partition coefficient (Wildman–Crippen LogP) is 2.97. The van der Waals surface area contributed by atoms with E-state index in [0.29, 0.717) is 4.34 Å². The summed E-state index contributed by atoms with van der Waals surface area (Å²) >= 11 is 8.39. The summed E-state index contributed by atoms with van der Waals surface area (Å²) in [6.45, 7) is 1.65. The van der Waals surface area contributed by atoms with Crippen LogP contribution in [0.3, 0.4) is 0 Å². The van der Waals surface area contributed by atoms with Crippen LogP contribution in [0.15, 0.2) is 16.3 Å². The molecule has 1 aromatic rings. The highest BCUT2D eigenvalue weighted by atomic mass is 35.5. The number of hydrogen-bond acceptors (Lipinski definition) is 3. The van der Waals surface area contributed by atoms with E-state index in [4.69, 9.17) is 16.7 Å². The van der Waals surface area contributed by atoms with Crippen molar-refractivity contribution in [2.75, 3.05) is 0 Å². The number of carbonyl (C=O) groups is 1. The van der Waals surface area contributed by atoms with E-state index in [1.807, 2.05) is 6.07 Å². The zero-order valence-electron chi connectivity index (χ0n) is 6.28. The Balaban J connectivity index is 2.58. The highest BCUT2D eigenvalue weighted by Crippen LogP contribution is 2.32. The van der Waals surface area contributed by atoms with Gasteiger partial charge in [-0.2, -0.15) is 0 Å². The van der Waals surface area contributed by atoms with Crippen molar-refractivity contribution < 1.29 is 9.90 Å². The first-order valence-electron chi connectivity index (χ1n) is 3.24. The van der Waals surface area contributed by atoms with E-state index in [9.17, 15) is 4.79 Å². The van der Waals surface area contributed by atoms with Gasteiger partial charge in [-0.3, -0.25) is 4.79 Å². The van der Waals surface area contributed by atoms with Gasteiger partial charge in [0.2, 0.25) is 0 Å². The van der Waals surface area contributed by atoms with Crippen LogP contribution >= 0.6 is 34.7 Å². The van der Waals surface area contributed by atoms with Crippen molar-refractivity contribution in [3.63, 3.8) is 0 Å². The van der Waals surface area contributed by atoms with Gasteiger partial charge < -0.3 is 5.11 Å². The number of carboxylic acid groups (broad SMARTS) is 1. The van der Waals surface area contributed by atoms with E-state index < -0.39 is 11.2 Å². The molecule has 0 saturated heterocycles. The summed E-state index contributed by atoms with van der Waals surface area (Å²) in [5.74, 6) is -0.801. The molecular formula is C7H7ClO2S2. The summed E-state index contributed by atoms with van der Waals surface area (Å²) in [7, 11) is 0. The maximum atomic E-state index is 10.5. The fraction of sp³-hybridized carbons (Fsp3) is 0.286. The van der Waals surface area contributed by atoms with Crippen molar-refractivity contribution in [3.8, 4) is 0 Å². The molecule has 0 spiro atoms. The fourth-order valence-corrected chi connectivity index (χ4v) is 2.99. The topological polar surface area (TPSA) is 37.3 Å². The van der Waals surface area contributed by atoms with E-state index in [1.165, 1.54) is 23.1 Å². The average Bonchev–Trinajstić information content (AvgIpc) is 2.35. The molecule has 0 saturated carbocycles. The lowest BCUT2D eigenvalue weighted by atomic mass is 10.5. The van der Waals surface area contributed by atoms with Crippen molar-refractivity contribution in [1.29, 1.82) is 0 Å². The molecule has 0 radical (unpaired) electrons. The number of thioether (sulfide) groups is 1. The monoisotopic (exact) mass is 222 g/mol. The Kier molecular flexibility index (Phi) is 3.43. The van der Waals surface area contributed by atoms with Crippen molar-refractivity contribution in [3.05, 3.63) is 16.5 Å². The van der Waals surface area contributed by atoms with Crippen molar-refractivity contribution in [2.24, 2.45) is 0 Å². The molecule has 1 unspecified atom stereocenters. The van der Waals surface area contributed by atoms with Crippen LogP contribution in [0.1, 0.15) is 6.92 Å². The second kappa shape index (κ2) is 4.16. The molecule has 5 heteroatoms. The van der Waals surface area contributed by atoms with E-state index in [0.717, 1.165) is 4.21 Å². The Morgan fingerprint density at radius 3 is 2.83 bits per heavy atom. The van der Waals surface area contributed by atoms with Gasteiger partial charge in [-0.1, -0.05) is 11.6 Å². The minimum absolute atomic E-state index is 0.417. The molecule has 0 aromatic carbocycles. The Labute approximate surface area is 83.5 Å². The number of thiophene rings is 1. The summed E-state index contributed by atoms with van der Waals surface area (Å²) in [4.78, 5) is 10.5. The minimum atomic E-state index is -0.801. The molecule has 2 nitrogen and oxygen atoms in total. The summed E-state index contributed by atoms with van der Waals surface area (Å²) in [6, 6.07) is 3.60. The fourth-order valence-electron chi connectivity index (χ4n) is 0.586. The number of halogens is 1. The highest BCUT2D eigenvalue weighted by molar-refractivity contribution is 8.02. The molecule has 0 aliphatic heterocycles. The Morgan fingerprint density at radius 2 is 2.42 bits per heavy atom. The SMILES string of the molecule is CC(Sc1ccc(Cl)s1)C(=O)O. The Hall–Kier alpha value is -0.190. The van der Waals surface area contributed by atoms with Crippen LogP contribution in [0.25, 0.3) is 0 Å². The van der Waals surface area contributed by atoms with E-state index in [1.54, 1.807) is 13.0 Å². The summed E-state index contributed by atoms with van der Waals surface area (Å²) < 4.78 is 1.63. The van der Waals surface area contributed by atoms with Gasteiger partial charge in [-0.05, 0) is 19.1 Å². The number of aliphatic carboxylic acids is 1. The number of carboxylic acids is 1. The van der Waals surface area contributed by atoms with Crippen molar-refractivity contribution in [2.45, 2.75) is 16.4 Å². The highest BCUT2D eigenvalue weighted by Gasteiger charge is 2.13. The smallest absolute Gasteiger partial charge is 0.316 e. The Bertz CT molecular complexity index is 285. The summed E-state index contributed by atoms with van der Waals surface area (Å²) in [5, 5.41) is 8.18. The molecule has 0 aliphatic carbocycles. The first-order chi connectivity index (χ1) is 5.59. The largest absolute Gasteiger partial charge is 0.480 e. The summed E-state index contributed by atoms with van der Waals surface area (Å²) in [6.07, 6.45) is 0. The molecule has 1 rings (SSSR count). The molecule has 0 amide bonds. The van der Waals surface area contributed by atoms with Gasteiger partial charge in [0.15, 0.2) is 0 Å². The minimum Gasteiger partial charge on any atom is -0.480 e. The Morgan fingerprint density at radius 1 is 1.75 bits per heavy atom. The van der Waals surface area contributed by atoms with Gasteiger partial charge in [0, 0.05) is 0 Å². The van der Waals surface area contributed by atoms with Gasteiger partial charge in [0.1, 0.15) is 5.25 Å². The maximum Gasteiger partial charge on any atom is 0.316 e. The predicted molar refractivity (Wildman–Crippen MR) is 52.3 cm³/mol. The first-order valence-corrected chi connectivity index (χ1v) is 5.32. The molecule has 1 N–H and O–H groups in total. The average molecular weight is 223 g/mol. The van der Waals surface area contributed by atoms with Gasteiger partial charge in [-0.25, -0.2) is 0 Å². The molecule has 1 atom stereocenters. The van der Waals surface area contributed by atoms with Gasteiger partial charge >= 0.3 is 5.97 Å². The van der Waals surface area contributed by atoms with Gasteiger partial charge in [-0.15, -0.1) is 23.1 Å². The molecule has 1 aromatic heterocycles. The van der Waals surface area contributed by atoms with Crippen LogP contribution in [0.5, 0.6) is 0 Å². The van der Waals surface area contributed by atoms with Crippen molar-refractivity contribution in [1.82, 2.24) is 0 Å². The lowest BCUT2D eigenvalue weighted by Gasteiger charge is -2.01. The van der Waals surface area contributed by atoms with Crippen LogP contribution in [-0.2, 0) is 4.79 Å². The van der Waals surface area contributed by atoms with Crippen molar-refractivity contribution >= 4 is 40.7 Å². The molecule has 66 valence electrons. The van der Waals surface area contributed by atoms with Crippen LogP contribution in [-0.4, -0.2) is 16.3 Å². The maximum absolute atomic E-state index is 10.5. The zero-order valence-corrected chi connectivity index (χ0v) is 8.67. The zero-order chi connectivity index (χ0) is 9.14. The normalized spacial score (nSPS) is 12.8. The first kappa shape index (κ1) is 9.89. The van der Waals surface area contributed by atoms with E-state index in [-0.39, 0.29) is 0 Å².